The van der Waals surface area contributed by atoms with Crippen molar-refractivity contribution in [2.45, 2.75) is 33.6 Å². The third-order valence-electron chi connectivity index (χ3n) is 6.67. The van der Waals surface area contributed by atoms with Crippen molar-refractivity contribution in [1.82, 2.24) is 20.0 Å². The maximum Gasteiger partial charge on any atom is 0.409 e. The van der Waals surface area contributed by atoms with Gasteiger partial charge in [0.15, 0.2) is 5.82 Å². The molecule has 1 unspecified atom stereocenters. The van der Waals surface area contributed by atoms with Crippen LogP contribution in [0.25, 0.3) is 11.3 Å². The number of rotatable bonds is 4. The number of anilines is 1. The van der Waals surface area contributed by atoms with Gasteiger partial charge in [-0.1, -0.05) is 12.1 Å². The fourth-order valence-electron chi connectivity index (χ4n) is 4.52. The number of piperazine rings is 1. The lowest BCUT2D eigenvalue weighted by Gasteiger charge is -2.38. The van der Waals surface area contributed by atoms with E-state index in [2.05, 4.69) is 47.1 Å². The Labute approximate surface area is 195 Å². The van der Waals surface area contributed by atoms with Gasteiger partial charge in [0.25, 0.3) is 0 Å². The average Bonchev–Trinajstić information content (AvgIpc) is 2.86. The molecule has 33 heavy (non-hydrogen) atoms. The molecule has 1 aromatic heterocycles. The first-order valence-electron chi connectivity index (χ1n) is 11.8. The third-order valence-corrected chi connectivity index (χ3v) is 6.67. The molecule has 0 radical (unpaired) electrons. The Hall–Kier alpha value is -3.16. The fourth-order valence-corrected chi connectivity index (χ4v) is 4.52. The molecule has 8 heteroatoms. The first-order chi connectivity index (χ1) is 16.0. The molecule has 2 aliphatic rings. The number of amides is 2. The van der Waals surface area contributed by atoms with Crippen molar-refractivity contribution >= 4 is 17.8 Å². The first-order valence-corrected chi connectivity index (χ1v) is 11.8. The standard InChI is InChI=1S/C25H33N5O3/c1-4-33-25(32)29-14-12-28(13-15-29)24(31)21-6-5-11-30(17-21)23-10-9-22(26-27-23)20-8-7-18(2)19(3)16-20/h7-10,16,21H,4-6,11-15,17H2,1-3H3. The van der Waals surface area contributed by atoms with E-state index in [1.165, 1.54) is 11.1 Å². The number of hydrogen-bond acceptors (Lipinski definition) is 6. The fraction of sp³-hybridized carbons (Fsp3) is 0.520. The van der Waals surface area contributed by atoms with E-state index in [4.69, 9.17) is 4.74 Å². The molecule has 8 nitrogen and oxygen atoms in total. The molecule has 2 saturated heterocycles. The zero-order chi connectivity index (χ0) is 23.4. The van der Waals surface area contributed by atoms with E-state index in [-0.39, 0.29) is 17.9 Å². The maximum absolute atomic E-state index is 13.2. The highest BCUT2D eigenvalue weighted by molar-refractivity contribution is 5.80. The van der Waals surface area contributed by atoms with Crippen LogP contribution < -0.4 is 4.90 Å². The quantitative estimate of drug-likeness (QED) is 0.710. The van der Waals surface area contributed by atoms with E-state index in [0.29, 0.717) is 39.3 Å². The number of nitrogens with zero attached hydrogens (tertiary/aromatic N) is 5. The SMILES string of the molecule is CCOC(=O)N1CCN(C(=O)C2CCCN(c3ccc(-c4ccc(C)c(C)c4)nn3)C2)CC1. The van der Waals surface area contributed by atoms with Crippen molar-refractivity contribution in [3.8, 4) is 11.3 Å². The predicted octanol–water partition coefficient (Wildman–Crippen LogP) is 3.28. The first kappa shape index (κ1) is 23.0. The number of aromatic nitrogens is 2. The number of hydrogen-bond donors (Lipinski definition) is 0. The lowest BCUT2D eigenvalue weighted by Crippen LogP contribution is -2.53. The van der Waals surface area contributed by atoms with Crippen LogP contribution >= 0.6 is 0 Å². The highest BCUT2D eigenvalue weighted by Crippen LogP contribution is 2.25. The number of ether oxygens (including phenoxy) is 1. The molecule has 2 aromatic rings. The second-order valence-electron chi connectivity index (χ2n) is 8.87. The molecule has 0 bridgehead atoms. The zero-order valence-electron chi connectivity index (χ0n) is 19.8. The van der Waals surface area contributed by atoms with Crippen LogP contribution in [-0.2, 0) is 9.53 Å². The van der Waals surface area contributed by atoms with Gasteiger partial charge < -0.3 is 19.4 Å². The summed E-state index contributed by atoms with van der Waals surface area (Å²) < 4.78 is 5.07. The van der Waals surface area contributed by atoms with E-state index < -0.39 is 0 Å². The Morgan fingerprint density at radius 3 is 2.39 bits per heavy atom. The number of carbonyl (C=O) groups is 2. The Bertz CT molecular complexity index is 986. The van der Waals surface area contributed by atoms with Gasteiger partial charge >= 0.3 is 6.09 Å². The van der Waals surface area contributed by atoms with Gasteiger partial charge in [0.05, 0.1) is 18.2 Å². The van der Waals surface area contributed by atoms with Gasteiger partial charge in [0, 0.05) is 44.8 Å². The zero-order valence-corrected chi connectivity index (χ0v) is 19.8. The van der Waals surface area contributed by atoms with Crippen LogP contribution in [0.5, 0.6) is 0 Å². The van der Waals surface area contributed by atoms with Gasteiger partial charge in [-0.15, -0.1) is 10.2 Å². The highest BCUT2D eigenvalue weighted by atomic mass is 16.6. The minimum atomic E-state index is -0.295. The second-order valence-corrected chi connectivity index (χ2v) is 8.87. The molecule has 0 aliphatic carbocycles. The molecule has 2 amide bonds. The molecule has 176 valence electrons. The van der Waals surface area contributed by atoms with E-state index >= 15 is 0 Å². The minimum Gasteiger partial charge on any atom is -0.450 e. The van der Waals surface area contributed by atoms with Gasteiger partial charge in [0.1, 0.15) is 0 Å². The molecule has 2 aliphatic heterocycles. The van der Waals surface area contributed by atoms with Gasteiger partial charge in [0.2, 0.25) is 5.91 Å². The second kappa shape index (κ2) is 10.2. The molecule has 4 rings (SSSR count). The van der Waals surface area contributed by atoms with E-state index in [9.17, 15) is 9.59 Å². The molecule has 1 aromatic carbocycles. The van der Waals surface area contributed by atoms with E-state index in [1.807, 2.05) is 17.0 Å². The van der Waals surface area contributed by atoms with Gasteiger partial charge in [-0.25, -0.2) is 4.79 Å². The summed E-state index contributed by atoms with van der Waals surface area (Å²) in [5.41, 5.74) is 4.41. The van der Waals surface area contributed by atoms with Crippen molar-refractivity contribution in [3.63, 3.8) is 0 Å². The summed E-state index contributed by atoms with van der Waals surface area (Å²) in [7, 11) is 0. The highest BCUT2D eigenvalue weighted by Gasteiger charge is 2.32. The van der Waals surface area contributed by atoms with Crippen LogP contribution in [0.15, 0.2) is 30.3 Å². The van der Waals surface area contributed by atoms with Crippen LogP contribution in [0.4, 0.5) is 10.6 Å². The van der Waals surface area contributed by atoms with Crippen molar-refractivity contribution in [3.05, 3.63) is 41.5 Å². The Morgan fingerprint density at radius 2 is 1.73 bits per heavy atom. The number of benzene rings is 1. The summed E-state index contributed by atoms with van der Waals surface area (Å²) in [4.78, 5) is 30.8. The molecule has 0 spiro atoms. The van der Waals surface area contributed by atoms with Crippen LogP contribution in [-0.4, -0.2) is 77.9 Å². The van der Waals surface area contributed by atoms with Gasteiger partial charge in [-0.2, -0.15) is 0 Å². The third kappa shape index (κ3) is 5.26. The molecular weight excluding hydrogens is 418 g/mol. The summed E-state index contributed by atoms with van der Waals surface area (Å²) in [6.45, 7) is 10.0. The monoisotopic (exact) mass is 451 g/mol. The normalized spacial score (nSPS) is 18.9. The van der Waals surface area contributed by atoms with E-state index in [1.54, 1.807) is 11.8 Å². The number of carbonyl (C=O) groups excluding carboxylic acids is 2. The summed E-state index contributed by atoms with van der Waals surface area (Å²) >= 11 is 0. The Balaban J connectivity index is 1.36. The summed E-state index contributed by atoms with van der Waals surface area (Å²) in [5.74, 6) is 0.921. The molecule has 0 saturated carbocycles. The largest absolute Gasteiger partial charge is 0.450 e. The Morgan fingerprint density at radius 1 is 0.970 bits per heavy atom. The van der Waals surface area contributed by atoms with Crippen LogP contribution in [0.2, 0.25) is 0 Å². The lowest BCUT2D eigenvalue weighted by molar-refractivity contribution is -0.137. The summed E-state index contributed by atoms with van der Waals surface area (Å²) in [6.07, 6.45) is 1.53. The topological polar surface area (TPSA) is 78.9 Å². The molecule has 3 heterocycles. The molecular formula is C25H33N5O3. The summed E-state index contributed by atoms with van der Waals surface area (Å²) in [6, 6.07) is 10.3. The van der Waals surface area contributed by atoms with Gasteiger partial charge in [-0.05, 0) is 62.9 Å². The maximum atomic E-state index is 13.2. The smallest absolute Gasteiger partial charge is 0.409 e. The predicted molar refractivity (Wildman–Crippen MR) is 127 cm³/mol. The van der Waals surface area contributed by atoms with Crippen molar-refractivity contribution in [1.29, 1.82) is 0 Å². The van der Waals surface area contributed by atoms with Crippen LogP contribution in [0.1, 0.15) is 30.9 Å². The molecule has 2 fully saturated rings. The van der Waals surface area contributed by atoms with Crippen LogP contribution in [0.3, 0.4) is 0 Å². The number of piperidine rings is 1. The van der Waals surface area contributed by atoms with Crippen molar-refractivity contribution in [2.75, 3.05) is 50.8 Å². The van der Waals surface area contributed by atoms with E-state index in [0.717, 1.165) is 36.5 Å². The summed E-state index contributed by atoms with van der Waals surface area (Å²) in [5, 5.41) is 8.94. The minimum absolute atomic E-state index is 0.0610. The Kier molecular flexibility index (Phi) is 7.11. The van der Waals surface area contributed by atoms with Crippen molar-refractivity contribution in [2.24, 2.45) is 5.92 Å². The van der Waals surface area contributed by atoms with Gasteiger partial charge in [-0.3, -0.25) is 4.79 Å². The van der Waals surface area contributed by atoms with Crippen LogP contribution in [0, 0.1) is 19.8 Å². The average molecular weight is 452 g/mol. The molecule has 0 N–H and O–H groups in total. The van der Waals surface area contributed by atoms with Crippen molar-refractivity contribution < 1.29 is 14.3 Å². The molecule has 1 atom stereocenters. The lowest BCUT2D eigenvalue weighted by atomic mass is 9.96. The number of aryl methyl sites for hydroxylation is 2.